The average molecular weight is 702 g/mol. The predicted octanol–water partition coefficient (Wildman–Crippen LogP) is 9.35. The summed E-state index contributed by atoms with van der Waals surface area (Å²) in [6.07, 6.45) is 3.41. The van der Waals surface area contributed by atoms with Crippen LogP contribution in [0.15, 0.2) is 170 Å². The van der Waals surface area contributed by atoms with Crippen molar-refractivity contribution in [1.29, 1.82) is 0 Å². The summed E-state index contributed by atoms with van der Waals surface area (Å²) in [6, 6.07) is 52.6. The fourth-order valence-corrected chi connectivity index (χ4v) is 10.6. The molecule has 9 heteroatoms. The molecule has 0 atom stereocenters. The van der Waals surface area contributed by atoms with Crippen LogP contribution in [-0.2, 0) is 4.57 Å². The lowest BCUT2D eigenvalue weighted by Crippen LogP contribution is -2.28. The van der Waals surface area contributed by atoms with Gasteiger partial charge in [0, 0.05) is 44.7 Å². The normalized spacial score (nSPS) is 12.2. The summed E-state index contributed by atoms with van der Waals surface area (Å²) in [7, 11) is -3.93. The second kappa shape index (κ2) is 11.3. The zero-order valence-electron chi connectivity index (χ0n) is 28.2. The first-order valence-corrected chi connectivity index (χ1v) is 19.1. The Balaban J connectivity index is 1.23. The number of aromatic nitrogens is 7. The van der Waals surface area contributed by atoms with Gasteiger partial charge < -0.3 is 0 Å². The third-order valence-corrected chi connectivity index (χ3v) is 13.0. The fourth-order valence-electron chi connectivity index (χ4n) is 8.04. The summed E-state index contributed by atoms with van der Waals surface area (Å²) in [5, 5.41) is 6.36. The van der Waals surface area contributed by atoms with Crippen molar-refractivity contribution >= 4 is 83.6 Å². The Morgan fingerprint density at radius 2 is 0.642 bits per heavy atom. The number of benzene rings is 6. The fraction of sp³-hybridized carbons (Fsp3) is 0. The molecule has 0 saturated carbocycles. The van der Waals surface area contributed by atoms with E-state index in [0.29, 0.717) is 22.8 Å². The topological polar surface area (TPSA) is 83.4 Å². The van der Waals surface area contributed by atoms with Gasteiger partial charge in [-0.05, 0) is 48.5 Å². The Morgan fingerprint density at radius 1 is 0.358 bits per heavy atom. The molecule has 11 aromatic rings. The van der Waals surface area contributed by atoms with Crippen LogP contribution in [0.25, 0.3) is 77.3 Å². The number of nitrogens with zero attached hydrogens (tertiary/aromatic N) is 7. The molecule has 6 aromatic carbocycles. The summed E-state index contributed by atoms with van der Waals surface area (Å²) < 4.78 is 22.8. The van der Waals surface area contributed by atoms with Crippen LogP contribution in [0.3, 0.4) is 0 Å². The number of rotatable bonds is 5. The summed E-state index contributed by atoms with van der Waals surface area (Å²) in [6.45, 7) is 0. The lowest BCUT2D eigenvalue weighted by Gasteiger charge is -2.22. The summed E-state index contributed by atoms with van der Waals surface area (Å²) in [5.41, 5.74) is 6.24. The second-order valence-corrected chi connectivity index (χ2v) is 15.6. The SMILES string of the molecule is O=P(c1ccnc(-n2c3ccccc3c3ccccc32)n1)(c1ccnc(-n2c3ccccc3c3ccccc32)n1)n1c2ccccc2c2ccccc21. The van der Waals surface area contributed by atoms with Gasteiger partial charge in [-0.2, -0.15) is 0 Å². The second-order valence-electron chi connectivity index (χ2n) is 13.1. The van der Waals surface area contributed by atoms with Gasteiger partial charge in [-0.3, -0.25) is 18.0 Å². The molecule has 0 bridgehead atoms. The zero-order chi connectivity index (χ0) is 35.1. The van der Waals surface area contributed by atoms with Crippen LogP contribution in [0.4, 0.5) is 0 Å². The highest BCUT2D eigenvalue weighted by Gasteiger charge is 2.37. The molecule has 0 unspecified atom stereocenters. The Morgan fingerprint density at radius 3 is 0.981 bits per heavy atom. The molecule has 0 aliphatic rings. The summed E-state index contributed by atoms with van der Waals surface area (Å²) in [5.74, 6) is 0.857. The van der Waals surface area contributed by atoms with E-state index < -0.39 is 7.29 Å². The minimum Gasteiger partial charge on any atom is -0.286 e. The highest BCUT2D eigenvalue weighted by atomic mass is 31.2. The van der Waals surface area contributed by atoms with E-state index >= 15 is 4.57 Å². The molecule has 250 valence electrons. The molecule has 0 N–H and O–H groups in total. The van der Waals surface area contributed by atoms with Crippen LogP contribution in [-0.4, -0.2) is 33.4 Å². The van der Waals surface area contributed by atoms with Gasteiger partial charge in [0.1, 0.15) is 10.9 Å². The van der Waals surface area contributed by atoms with E-state index in [1.54, 1.807) is 24.5 Å². The number of hydrogen-bond donors (Lipinski definition) is 0. The third-order valence-electron chi connectivity index (χ3n) is 10.3. The van der Waals surface area contributed by atoms with Gasteiger partial charge in [-0.15, -0.1) is 0 Å². The summed E-state index contributed by atoms with van der Waals surface area (Å²) >= 11 is 0. The van der Waals surface area contributed by atoms with Gasteiger partial charge in [0.15, 0.2) is 0 Å². The van der Waals surface area contributed by atoms with Crippen LogP contribution in [0.1, 0.15) is 0 Å². The summed E-state index contributed by atoms with van der Waals surface area (Å²) in [4.78, 5) is 20.1. The maximum absolute atomic E-state index is 16.8. The average Bonchev–Trinajstić information content (AvgIpc) is 3.87. The predicted molar refractivity (Wildman–Crippen MR) is 214 cm³/mol. The van der Waals surface area contributed by atoms with Crippen LogP contribution >= 0.6 is 7.29 Å². The smallest absolute Gasteiger partial charge is 0.269 e. The molecule has 0 aliphatic heterocycles. The molecule has 8 nitrogen and oxygen atoms in total. The first-order chi connectivity index (χ1) is 26.2. The highest BCUT2D eigenvalue weighted by molar-refractivity contribution is 7.77. The van der Waals surface area contributed by atoms with Gasteiger partial charge in [0.2, 0.25) is 11.9 Å². The lowest BCUT2D eigenvalue weighted by molar-refractivity contribution is 0.582. The van der Waals surface area contributed by atoms with Crippen molar-refractivity contribution in [2.24, 2.45) is 0 Å². The van der Waals surface area contributed by atoms with Gasteiger partial charge in [-0.1, -0.05) is 109 Å². The largest absolute Gasteiger partial charge is 0.286 e. The number of para-hydroxylation sites is 6. The molecule has 0 radical (unpaired) electrons. The minimum absolute atomic E-state index is 0.364. The van der Waals surface area contributed by atoms with Crippen molar-refractivity contribution in [3.05, 3.63) is 170 Å². The zero-order valence-corrected chi connectivity index (χ0v) is 29.0. The van der Waals surface area contributed by atoms with E-state index in [4.69, 9.17) is 19.9 Å². The third kappa shape index (κ3) is 4.21. The van der Waals surface area contributed by atoms with E-state index in [2.05, 4.69) is 60.7 Å². The van der Waals surface area contributed by atoms with Crippen molar-refractivity contribution in [2.75, 3.05) is 0 Å². The molecule has 5 heterocycles. The number of hydrogen-bond acceptors (Lipinski definition) is 5. The first-order valence-electron chi connectivity index (χ1n) is 17.4. The van der Waals surface area contributed by atoms with Crippen molar-refractivity contribution in [1.82, 2.24) is 33.4 Å². The molecular formula is C44H28N7OP. The Labute approximate surface area is 302 Å². The van der Waals surface area contributed by atoms with Crippen LogP contribution < -0.4 is 10.9 Å². The van der Waals surface area contributed by atoms with Gasteiger partial charge in [0.05, 0.1) is 33.1 Å². The standard InChI is InChI=1S/C44H28N7OP/c52-53(51-39-23-11-5-17-33(39)34-18-6-12-24-40(34)51,41-25-27-45-43(47-41)49-35-19-7-1-13-29(35)30-14-2-8-20-36(30)49)42-26-28-46-44(48-42)50-37-21-9-3-15-31(37)32-16-4-10-22-38(32)50/h1-28H. The van der Waals surface area contributed by atoms with Crippen molar-refractivity contribution in [2.45, 2.75) is 0 Å². The lowest BCUT2D eigenvalue weighted by atomic mass is 10.2. The molecule has 0 fully saturated rings. The van der Waals surface area contributed by atoms with Crippen molar-refractivity contribution < 1.29 is 4.57 Å². The molecule has 0 amide bonds. The van der Waals surface area contributed by atoms with E-state index in [0.717, 1.165) is 65.4 Å². The minimum atomic E-state index is -3.93. The van der Waals surface area contributed by atoms with E-state index in [1.807, 2.05) is 98.4 Å². The molecule has 5 aromatic heterocycles. The van der Waals surface area contributed by atoms with E-state index in [-0.39, 0.29) is 0 Å². The molecular weight excluding hydrogens is 674 g/mol. The highest BCUT2D eigenvalue weighted by Crippen LogP contribution is 2.50. The Bertz CT molecular complexity index is 2980. The van der Waals surface area contributed by atoms with Gasteiger partial charge in [-0.25, -0.2) is 19.9 Å². The Kier molecular flexibility index (Phi) is 6.36. The molecule has 0 spiro atoms. The van der Waals surface area contributed by atoms with Crippen LogP contribution in [0.5, 0.6) is 0 Å². The molecule has 0 saturated heterocycles. The molecule has 53 heavy (non-hydrogen) atoms. The van der Waals surface area contributed by atoms with Crippen LogP contribution in [0, 0.1) is 0 Å². The van der Waals surface area contributed by atoms with Crippen LogP contribution in [0.2, 0.25) is 0 Å². The van der Waals surface area contributed by atoms with Gasteiger partial charge >= 0.3 is 0 Å². The molecule has 11 rings (SSSR count). The quantitative estimate of drug-likeness (QED) is 0.167. The van der Waals surface area contributed by atoms with Gasteiger partial charge in [0.25, 0.3) is 7.29 Å². The number of fused-ring (bicyclic) bond motifs is 9. The van der Waals surface area contributed by atoms with E-state index in [9.17, 15) is 0 Å². The Hall–Kier alpha value is -6.89. The maximum atomic E-state index is 16.8. The van der Waals surface area contributed by atoms with Crippen molar-refractivity contribution in [3.8, 4) is 11.9 Å². The maximum Gasteiger partial charge on any atom is 0.269 e. The van der Waals surface area contributed by atoms with Crippen molar-refractivity contribution in [3.63, 3.8) is 0 Å². The monoisotopic (exact) mass is 701 g/mol. The first kappa shape index (κ1) is 29.8. The van der Waals surface area contributed by atoms with E-state index in [1.165, 1.54) is 0 Å². The molecule has 0 aliphatic carbocycles.